The molecule has 11 heteroatoms. The van der Waals surface area contributed by atoms with Crippen LogP contribution in [0, 0.1) is 19.8 Å². The third kappa shape index (κ3) is 5.83. The number of pyridine rings is 1. The molecular weight excluding hydrogens is 597 g/mol. The van der Waals surface area contributed by atoms with E-state index in [1.807, 2.05) is 38.1 Å². The fraction of sp³-hybridized carbons (Fsp3) is 0.364. The summed E-state index contributed by atoms with van der Waals surface area (Å²) in [5.41, 5.74) is 2.62. The number of thiophene rings is 1. The Morgan fingerprint density at radius 3 is 2.50 bits per heavy atom. The number of rotatable bonds is 7. The van der Waals surface area contributed by atoms with E-state index in [1.54, 1.807) is 17.4 Å². The number of nitrogens with one attached hydrogen (secondary N) is 2. The first-order valence-electron chi connectivity index (χ1n) is 14.6. The molecule has 4 heterocycles. The predicted octanol–water partition coefficient (Wildman–Crippen LogP) is 6.94. The Morgan fingerprint density at radius 1 is 1.09 bits per heavy atom. The summed E-state index contributed by atoms with van der Waals surface area (Å²) < 4.78 is 42.2. The van der Waals surface area contributed by atoms with Crippen LogP contribution < -0.4 is 9.46 Å². The Labute approximate surface area is 261 Å². The minimum Gasteiger partial charge on any atom is -0.493 e. The lowest BCUT2D eigenvalue weighted by atomic mass is 9.81. The summed E-state index contributed by atoms with van der Waals surface area (Å²) in [5.74, 6) is -0.0868. The SMILES string of the molecule is Cc1c(-c2cc(C(=O)NS(=O)(=O)c3ccn[nH]3)c3c(OCC4CC(C)(C)OC(C)(C)C4)ccc(C)c3n2)sc2ccccc12. The van der Waals surface area contributed by atoms with E-state index < -0.39 is 15.9 Å². The second kappa shape index (κ2) is 11.0. The number of H-pyrrole nitrogens is 1. The smallest absolute Gasteiger partial charge is 0.281 e. The second-order valence-corrected chi connectivity index (χ2v) is 15.5. The van der Waals surface area contributed by atoms with Crippen molar-refractivity contribution in [3.8, 4) is 16.3 Å². The number of ether oxygens (including phenoxy) is 2. The van der Waals surface area contributed by atoms with E-state index in [0.29, 0.717) is 29.0 Å². The molecule has 1 aliphatic rings. The maximum atomic E-state index is 13.9. The molecule has 2 N–H and O–H groups in total. The number of hydrogen-bond acceptors (Lipinski definition) is 8. The molecule has 0 bridgehead atoms. The molecular formula is C33H36N4O5S2. The van der Waals surface area contributed by atoms with E-state index in [0.717, 1.165) is 38.9 Å². The predicted molar refractivity (Wildman–Crippen MR) is 173 cm³/mol. The van der Waals surface area contributed by atoms with Gasteiger partial charge in [-0.1, -0.05) is 24.3 Å². The van der Waals surface area contributed by atoms with Crippen LogP contribution in [0.2, 0.25) is 0 Å². The van der Waals surface area contributed by atoms with E-state index >= 15 is 0 Å². The molecule has 1 amide bonds. The van der Waals surface area contributed by atoms with E-state index in [4.69, 9.17) is 14.5 Å². The number of carbonyl (C=O) groups is 1. The van der Waals surface area contributed by atoms with Crippen molar-refractivity contribution < 1.29 is 22.7 Å². The molecule has 9 nitrogen and oxygen atoms in total. The van der Waals surface area contributed by atoms with Gasteiger partial charge >= 0.3 is 0 Å². The molecule has 0 unspecified atom stereocenters. The van der Waals surface area contributed by atoms with Gasteiger partial charge in [-0.05, 0) is 101 Å². The molecule has 44 heavy (non-hydrogen) atoms. The van der Waals surface area contributed by atoms with Gasteiger partial charge in [-0.3, -0.25) is 9.89 Å². The van der Waals surface area contributed by atoms with Crippen molar-refractivity contribution in [3.63, 3.8) is 0 Å². The summed E-state index contributed by atoms with van der Waals surface area (Å²) in [6.45, 7) is 12.7. The minimum atomic E-state index is -4.21. The van der Waals surface area contributed by atoms with Crippen molar-refractivity contribution in [2.45, 2.75) is 70.6 Å². The number of nitrogens with zero attached hydrogens (tertiary/aromatic N) is 2. The molecule has 5 aromatic rings. The Kier molecular flexibility index (Phi) is 7.54. The number of carbonyl (C=O) groups excluding carboxylic acids is 1. The molecule has 3 aromatic heterocycles. The molecule has 0 atom stereocenters. The molecule has 2 aromatic carbocycles. The van der Waals surface area contributed by atoms with Crippen LogP contribution in [0.25, 0.3) is 31.6 Å². The van der Waals surface area contributed by atoms with Crippen molar-refractivity contribution in [1.29, 1.82) is 0 Å². The molecule has 0 spiro atoms. The number of aromatic nitrogens is 3. The van der Waals surface area contributed by atoms with Crippen molar-refractivity contribution in [2.24, 2.45) is 5.92 Å². The van der Waals surface area contributed by atoms with Gasteiger partial charge in [-0.25, -0.2) is 9.71 Å². The van der Waals surface area contributed by atoms with Crippen molar-refractivity contribution in [2.75, 3.05) is 6.61 Å². The quantitative estimate of drug-likeness (QED) is 0.199. The van der Waals surface area contributed by atoms with Crippen molar-refractivity contribution in [1.82, 2.24) is 19.9 Å². The maximum Gasteiger partial charge on any atom is 0.281 e. The monoisotopic (exact) mass is 632 g/mol. The Bertz CT molecular complexity index is 1980. The summed E-state index contributed by atoms with van der Waals surface area (Å²) in [4.78, 5) is 19.9. The highest BCUT2D eigenvalue weighted by molar-refractivity contribution is 7.90. The first kappa shape index (κ1) is 30.2. The lowest BCUT2D eigenvalue weighted by Crippen LogP contribution is -2.46. The van der Waals surface area contributed by atoms with Crippen LogP contribution in [0.4, 0.5) is 0 Å². The molecule has 230 valence electrons. The van der Waals surface area contributed by atoms with Gasteiger partial charge in [-0.15, -0.1) is 11.3 Å². The number of amides is 1. The van der Waals surface area contributed by atoms with Gasteiger partial charge in [0.1, 0.15) is 5.75 Å². The summed E-state index contributed by atoms with van der Waals surface area (Å²) >= 11 is 1.59. The fourth-order valence-corrected chi connectivity index (χ4v) is 8.57. The van der Waals surface area contributed by atoms with Crippen molar-refractivity contribution >= 4 is 48.3 Å². The molecule has 0 aliphatic carbocycles. The standard InChI is InChI=1S/C33H36N4O5S2/c1-19-11-12-25(41-18-21-16-32(3,4)42-33(5,6)17-21)28-23(31(38)37-44(39,40)27-13-14-34-36-27)15-24(35-29(19)28)30-20(2)22-9-7-8-10-26(22)43-30/h7-15,21H,16-18H2,1-6H3,(H,34,36)(H,37,38). The Hall–Kier alpha value is -3.80. The van der Waals surface area contributed by atoms with Gasteiger partial charge in [0.15, 0.2) is 5.03 Å². The van der Waals surface area contributed by atoms with E-state index in [-0.39, 0.29) is 27.7 Å². The first-order chi connectivity index (χ1) is 20.7. The molecule has 0 saturated carbocycles. The van der Waals surface area contributed by atoms with Crippen molar-refractivity contribution in [3.05, 3.63) is 71.4 Å². The number of sulfonamides is 1. The van der Waals surface area contributed by atoms with Gasteiger partial charge in [-0.2, -0.15) is 13.5 Å². The van der Waals surface area contributed by atoms with Gasteiger partial charge in [0, 0.05) is 4.70 Å². The van der Waals surface area contributed by atoms with Crippen LogP contribution in [-0.4, -0.2) is 47.3 Å². The van der Waals surface area contributed by atoms with Crippen LogP contribution in [-0.2, 0) is 14.8 Å². The highest BCUT2D eigenvalue weighted by atomic mass is 32.2. The molecule has 1 saturated heterocycles. The summed E-state index contributed by atoms with van der Waals surface area (Å²) in [7, 11) is -4.21. The van der Waals surface area contributed by atoms with E-state index in [1.165, 1.54) is 12.3 Å². The van der Waals surface area contributed by atoms with Gasteiger partial charge in [0.05, 0.1) is 51.0 Å². The normalized spacial score (nSPS) is 16.8. The number of aryl methyl sites for hydroxylation is 2. The lowest BCUT2D eigenvalue weighted by molar-refractivity contribution is -0.175. The van der Waals surface area contributed by atoms with Crippen LogP contribution in [0.1, 0.15) is 62.0 Å². The zero-order chi connectivity index (χ0) is 31.4. The topological polar surface area (TPSA) is 123 Å². The van der Waals surface area contributed by atoms with Crippen LogP contribution in [0.3, 0.4) is 0 Å². The van der Waals surface area contributed by atoms with Crippen LogP contribution in [0.15, 0.2) is 59.8 Å². The largest absolute Gasteiger partial charge is 0.493 e. The number of aromatic amines is 1. The van der Waals surface area contributed by atoms with Crippen LogP contribution in [0.5, 0.6) is 5.75 Å². The first-order valence-corrected chi connectivity index (χ1v) is 16.9. The zero-order valence-corrected chi connectivity index (χ0v) is 27.3. The highest BCUT2D eigenvalue weighted by Crippen LogP contribution is 2.42. The van der Waals surface area contributed by atoms with Gasteiger partial charge < -0.3 is 9.47 Å². The minimum absolute atomic E-state index is 0.163. The maximum absolute atomic E-state index is 13.9. The average molecular weight is 633 g/mol. The molecule has 1 aliphatic heterocycles. The molecule has 1 fully saturated rings. The molecule has 0 radical (unpaired) electrons. The third-order valence-electron chi connectivity index (χ3n) is 8.02. The highest BCUT2D eigenvalue weighted by Gasteiger charge is 2.39. The molecule has 6 rings (SSSR count). The van der Waals surface area contributed by atoms with E-state index in [2.05, 4.69) is 54.7 Å². The fourth-order valence-electron chi connectivity index (χ4n) is 6.52. The Balaban J connectivity index is 1.47. The second-order valence-electron chi connectivity index (χ2n) is 12.8. The number of benzene rings is 2. The lowest BCUT2D eigenvalue weighted by Gasteiger charge is -2.45. The summed E-state index contributed by atoms with van der Waals surface area (Å²) in [5, 5.41) is 7.52. The van der Waals surface area contributed by atoms with Gasteiger partial charge in [0.2, 0.25) is 0 Å². The zero-order valence-electron chi connectivity index (χ0n) is 25.6. The summed E-state index contributed by atoms with van der Waals surface area (Å²) in [6.07, 6.45) is 2.96. The van der Waals surface area contributed by atoms with Gasteiger partial charge in [0.25, 0.3) is 15.9 Å². The average Bonchev–Trinajstić information content (AvgIpc) is 3.60. The summed E-state index contributed by atoms with van der Waals surface area (Å²) in [6, 6.07) is 14.8. The van der Waals surface area contributed by atoms with Crippen LogP contribution >= 0.6 is 11.3 Å². The third-order valence-corrected chi connectivity index (χ3v) is 10.6. The Morgan fingerprint density at radius 2 is 1.82 bits per heavy atom. The number of hydrogen-bond donors (Lipinski definition) is 2. The number of fused-ring (bicyclic) bond motifs is 2. The van der Waals surface area contributed by atoms with E-state index in [9.17, 15) is 13.2 Å².